The minimum atomic E-state index is -0.910. The molecule has 0 spiro atoms. The van der Waals surface area contributed by atoms with Gasteiger partial charge in [0, 0.05) is 5.69 Å². The van der Waals surface area contributed by atoms with E-state index in [2.05, 4.69) is 13.8 Å². The molecule has 3 nitrogen and oxygen atoms in total. The van der Waals surface area contributed by atoms with Crippen LogP contribution in [0.4, 0.5) is 5.69 Å². The Morgan fingerprint density at radius 2 is 1.74 bits per heavy atom. The van der Waals surface area contributed by atoms with E-state index in [0.29, 0.717) is 17.2 Å². The fourth-order valence-corrected chi connectivity index (χ4v) is 2.11. The third kappa shape index (κ3) is 2.76. The molecule has 0 aliphatic carbocycles. The Labute approximate surface area is 112 Å². The normalized spacial score (nSPS) is 10.7. The van der Waals surface area contributed by atoms with Crippen molar-refractivity contribution in [3.05, 3.63) is 53.6 Å². The Bertz CT molecular complexity index is 601. The van der Waals surface area contributed by atoms with E-state index >= 15 is 0 Å². The molecule has 3 heteroatoms. The van der Waals surface area contributed by atoms with Crippen molar-refractivity contribution in [2.24, 2.45) is 0 Å². The average molecular weight is 255 g/mol. The van der Waals surface area contributed by atoms with Crippen LogP contribution in [0, 0.1) is 0 Å². The summed E-state index contributed by atoms with van der Waals surface area (Å²) in [5.41, 5.74) is 9.76. The highest BCUT2D eigenvalue weighted by molar-refractivity contribution is 5.90. The van der Waals surface area contributed by atoms with Gasteiger partial charge in [0.2, 0.25) is 0 Å². The van der Waals surface area contributed by atoms with Gasteiger partial charge in [-0.1, -0.05) is 32.0 Å². The molecule has 19 heavy (non-hydrogen) atoms. The molecular formula is C16H17NO2. The number of benzene rings is 2. The van der Waals surface area contributed by atoms with Gasteiger partial charge in [0.25, 0.3) is 0 Å². The zero-order valence-electron chi connectivity index (χ0n) is 11.1. The van der Waals surface area contributed by atoms with Crippen LogP contribution in [0.5, 0.6) is 0 Å². The van der Waals surface area contributed by atoms with Crippen molar-refractivity contribution < 1.29 is 9.90 Å². The van der Waals surface area contributed by atoms with E-state index in [1.807, 2.05) is 30.3 Å². The summed E-state index contributed by atoms with van der Waals surface area (Å²) in [4.78, 5) is 11.1. The largest absolute Gasteiger partial charge is 0.478 e. The number of anilines is 1. The fraction of sp³-hybridized carbons (Fsp3) is 0.188. The van der Waals surface area contributed by atoms with E-state index in [4.69, 9.17) is 10.8 Å². The maximum absolute atomic E-state index is 11.1. The van der Waals surface area contributed by atoms with Gasteiger partial charge in [-0.15, -0.1) is 0 Å². The number of hydrogen-bond acceptors (Lipinski definition) is 2. The molecule has 0 aliphatic rings. The van der Waals surface area contributed by atoms with Crippen LogP contribution in [0.25, 0.3) is 11.1 Å². The van der Waals surface area contributed by atoms with Crippen molar-refractivity contribution >= 4 is 11.7 Å². The molecule has 0 atom stereocenters. The highest BCUT2D eigenvalue weighted by Crippen LogP contribution is 2.30. The summed E-state index contributed by atoms with van der Waals surface area (Å²) in [6.45, 7) is 4.19. The molecule has 0 bridgehead atoms. The molecule has 0 amide bonds. The zero-order valence-corrected chi connectivity index (χ0v) is 11.1. The number of aromatic carboxylic acids is 1. The summed E-state index contributed by atoms with van der Waals surface area (Å²) < 4.78 is 0. The van der Waals surface area contributed by atoms with Crippen LogP contribution < -0.4 is 5.73 Å². The molecule has 0 saturated heterocycles. The molecule has 2 aromatic carbocycles. The van der Waals surface area contributed by atoms with Crippen molar-refractivity contribution in [3.63, 3.8) is 0 Å². The van der Waals surface area contributed by atoms with Crippen LogP contribution in [-0.2, 0) is 0 Å². The monoisotopic (exact) mass is 255 g/mol. The molecule has 0 unspecified atom stereocenters. The Hall–Kier alpha value is -2.29. The van der Waals surface area contributed by atoms with Gasteiger partial charge < -0.3 is 10.8 Å². The first-order chi connectivity index (χ1) is 8.99. The van der Waals surface area contributed by atoms with Gasteiger partial charge in [0.15, 0.2) is 0 Å². The van der Waals surface area contributed by atoms with Gasteiger partial charge in [-0.25, -0.2) is 4.79 Å². The van der Waals surface area contributed by atoms with Crippen molar-refractivity contribution in [3.8, 4) is 11.1 Å². The lowest BCUT2D eigenvalue weighted by molar-refractivity contribution is 0.0697. The molecule has 2 rings (SSSR count). The van der Waals surface area contributed by atoms with Crippen LogP contribution in [0.1, 0.15) is 35.7 Å². The lowest BCUT2D eigenvalue weighted by Gasteiger charge is -2.14. The second kappa shape index (κ2) is 5.14. The van der Waals surface area contributed by atoms with Crippen LogP contribution in [0.15, 0.2) is 42.5 Å². The van der Waals surface area contributed by atoms with E-state index in [1.54, 1.807) is 12.1 Å². The van der Waals surface area contributed by atoms with Gasteiger partial charge in [0.05, 0.1) is 5.56 Å². The minimum absolute atomic E-state index is 0.302. The molecule has 98 valence electrons. The third-order valence-electron chi connectivity index (χ3n) is 3.14. The summed E-state index contributed by atoms with van der Waals surface area (Å²) in [7, 11) is 0. The molecule has 2 aromatic rings. The maximum Gasteiger partial charge on any atom is 0.335 e. The molecule has 0 fully saturated rings. The number of rotatable bonds is 3. The van der Waals surface area contributed by atoms with Crippen molar-refractivity contribution in [2.75, 3.05) is 5.73 Å². The first-order valence-electron chi connectivity index (χ1n) is 6.22. The van der Waals surface area contributed by atoms with Gasteiger partial charge >= 0.3 is 5.97 Å². The number of carbonyl (C=O) groups is 1. The summed E-state index contributed by atoms with van der Waals surface area (Å²) in [6.07, 6.45) is 0. The highest BCUT2D eigenvalue weighted by atomic mass is 16.4. The van der Waals surface area contributed by atoms with Gasteiger partial charge in [-0.2, -0.15) is 0 Å². The van der Waals surface area contributed by atoms with Crippen molar-refractivity contribution in [2.45, 2.75) is 19.8 Å². The van der Waals surface area contributed by atoms with E-state index in [-0.39, 0.29) is 0 Å². The Kier molecular flexibility index (Phi) is 3.56. The molecule has 0 aliphatic heterocycles. The van der Waals surface area contributed by atoms with E-state index in [9.17, 15) is 4.79 Å². The SMILES string of the molecule is CC(C)c1ccc(C(=O)O)cc1-c1ccc(N)cc1. The molecule has 0 aromatic heterocycles. The van der Waals surface area contributed by atoms with Crippen molar-refractivity contribution in [1.82, 2.24) is 0 Å². The quantitative estimate of drug-likeness (QED) is 0.821. The van der Waals surface area contributed by atoms with Crippen LogP contribution in [-0.4, -0.2) is 11.1 Å². The maximum atomic E-state index is 11.1. The standard InChI is InChI=1S/C16H17NO2/c1-10(2)14-8-5-12(16(18)19)9-15(14)11-3-6-13(17)7-4-11/h3-10H,17H2,1-2H3,(H,18,19). The number of nitrogens with two attached hydrogens (primary N) is 1. The molecule has 3 N–H and O–H groups in total. The Morgan fingerprint density at radius 3 is 2.26 bits per heavy atom. The predicted molar refractivity (Wildman–Crippen MR) is 77.3 cm³/mol. The highest BCUT2D eigenvalue weighted by Gasteiger charge is 2.12. The number of hydrogen-bond donors (Lipinski definition) is 2. The molecule has 0 radical (unpaired) electrons. The van der Waals surface area contributed by atoms with Gasteiger partial charge in [0.1, 0.15) is 0 Å². The predicted octanol–water partition coefficient (Wildman–Crippen LogP) is 3.76. The summed E-state index contributed by atoms with van der Waals surface area (Å²) in [6, 6.07) is 12.8. The first-order valence-corrected chi connectivity index (χ1v) is 6.22. The molecule has 0 heterocycles. The topological polar surface area (TPSA) is 63.3 Å². The fourth-order valence-electron chi connectivity index (χ4n) is 2.11. The van der Waals surface area contributed by atoms with Gasteiger partial charge in [-0.3, -0.25) is 0 Å². The smallest absolute Gasteiger partial charge is 0.335 e. The van der Waals surface area contributed by atoms with E-state index < -0.39 is 5.97 Å². The van der Waals surface area contributed by atoms with Crippen LogP contribution in [0.3, 0.4) is 0 Å². The van der Waals surface area contributed by atoms with Crippen LogP contribution >= 0.6 is 0 Å². The average Bonchev–Trinajstić information content (AvgIpc) is 2.38. The second-order valence-electron chi connectivity index (χ2n) is 4.88. The lowest BCUT2D eigenvalue weighted by atomic mass is 9.91. The number of nitrogen functional groups attached to an aromatic ring is 1. The van der Waals surface area contributed by atoms with E-state index in [0.717, 1.165) is 16.7 Å². The molecular weight excluding hydrogens is 238 g/mol. The van der Waals surface area contributed by atoms with Crippen molar-refractivity contribution in [1.29, 1.82) is 0 Å². The third-order valence-corrected chi connectivity index (χ3v) is 3.14. The molecule has 0 saturated carbocycles. The minimum Gasteiger partial charge on any atom is -0.478 e. The number of carboxylic acid groups (broad SMARTS) is 1. The Morgan fingerprint density at radius 1 is 1.11 bits per heavy atom. The summed E-state index contributed by atoms with van der Waals surface area (Å²) >= 11 is 0. The van der Waals surface area contributed by atoms with Gasteiger partial charge in [-0.05, 0) is 46.9 Å². The second-order valence-corrected chi connectivity index (χ2v) is 4.88. The van der Waals surface area contributed by atoms with E-state index in [1.165, 1.54) is 0 Å². The summed E-state index contributed by atoms with van der Waals surface area (Å²) in [5.74, 6) is -0.581. The van der Waals surface area contributed by atoms with Crippen LogP contribution in [0.2, 0.25) is 0 Å². The summed E-state index contributed by atoms with van der Waals surface area (Å²) in [5, 5.41) is 9.11. The Balaban J connectivity index is 2.60. The zero-order chi connectivity index (χ0) is 14.0. The number of carboxylic acids is 1. The lowest BCUT2D eigenvalue weighted by Crippen LogP contribution is -2.00. The first kappa shape index (κ1) is 13.1.